The van der Waals surface area contributed by atoms with Crippen LogP contribution in [-0.4, -0.2) is 52.7 Å². The molecule has 0 bridgehead atoms. The number of ether oxygens (including phenoxy) is 1. The zero-order valence-corrected chi connectivity index (χ0v) is 16.0. The Bertz CT molecular complexity index is 517. The lowest BCUT2D eigenvalue weighted by atomic mass is 10.4. The summed E-state index contributed by atoms with van der Waals surface area (Å²) in [4.78, 5) is 4.36. The Morgan fingerprint density at radius 3 is 2.73 bits per heavy atom. The Hall–Kier alpha value is -0.810. The molecule has 9 heteroatoms. The molecule has 7 nitrogen and oxygen atoms in total. The van der Waals surface area contributed by atoms with Crippen LogP contribution < -0.4 is 10.6 Å². The lowest BCUT2D eigenvalue weighted by Crippen LogP contribution is -2.39. The zero-order chi connectivity index (χ0) is 15.6. The summed E-state index contributed by atoms with van der Waals surface area (Å²) >= 11 is 0. The minimum absolute atomic E-state index is 0. The summed E-state index contributed by atoms with van der Waals surface area (Å²) in [6, 6.07) is 3.68. The van der Waals surface area contributed by atoms with Gasteiger partial charge in [-0.1, -0.05) is 0 Å². The Morgan fingerprint density at radius 2 is 2.14 bits per heavy atom. The van der Waals surface area contributed by atoms with Crippen LogP contribution in [0.3, 0.4) is 0 Å². The molecule has 0 saturated carbocycles. The molecule has 22 heavy (non-hydrogen) atoms. The molecular weight excluding hydrogens is 421 g/mol. The molecule has 0 radical (unpaired) electrons. The monoisotopic (exact) mass is 445 g/mol. The lowest BCUT2D eigenvalue weighted by Gasteiger charge is -2.11. The number of furan rings is 1. The largest absolute Gasteiger partial charge is 0.467 e. The predicted octanol–water partition coefficient (Wildman–Crippen LogP) is 1.01. The first-order valence-electron chi connectivity index (χ1n) is 6.81. The Labute approximate surface area is 148 Å². The van der Waals surface area contributed by atoms with Crippen LogP contribution in [0.1, 0.15) is 12.7 Å². The van der Waals surface area contributed by atoms with Crippen LogP contribution in [0.4, 0.5) is 0 Å². The van der Waals surface area contributed by atoms with Gasteiger partial charge in [-0.2, -0.15) is 0 Å². The van der Waals surface area contributed by atoms with Crippen molar-refractivity contribution in [2.45, 2.75) is 13.5 Å². The maximum absolute atomic E-state index is 10.9. The van der Waals surface area contributed by atoms with Crippen molar-refractivity contribution in [2.75, 3.05) is 38.3 Å². The minimum atomic E-state index is -2.96. The molecule has 0 aliphatic carbocycles. The Morgan fingerprint density at radius 1 is 1.36 bits per heavy atom. The second-order valence-corrected chi connectivity index (χ2v) is 6.70. The normalized spacial score (nSPS) is 11.8. The van der Waals surface area contributed by atoms with Gasteiger partial charge in [0.2, 0.25) is 0 Å². The van der Waals surface area contributed by atoms with Crippen molar-refractivity contribution in [3.05, 3.63) is 24.2 Å². The highest BCUT2D eigenvalue weighted by molar-refractivity contribution is 14.0. The van der Waals surface area contributed by atoms with E-state index >= 15 is 0 Å². The average Bonchev–Trinajstić information content (AvgIpc) is 2.91. The number of hydrogen-bond acceptors (Lipinski definition) is 5. The number of nitrogens with zero attached hydrogens (tertiary/aromatic N) is 1. The quantitative estimate of drug-likeness (QED) is 0.255. The van der Waals surface area contributed by atoms with Crippen molar-refractivity contribution in [3.8, 4) is 0 Å². The van der Waals surface area contributed by atoms with Gasteiger partial charge in [0.05, 0.1) is 25.2 Å². The van der Waals surface area contributed by atoms with Gasteiger partial charge in [0.25, 0.3) is 0 Å². The van der Waals surface area contributed by atoms with E-state index in [-0.39, 0.29) is 36.3 Å². The highest BCUT2D eigenvalue weighted by Crippen LogP contribution is 2.00. The van der Waals surface area contributed by atoms with E-state index in [0.29, 0.717) is 25.7 Å². The van der Waals surface area contributed by atoms with Gasteiger partial charge < -0.3 is 19.8 Å². The number of aliphatic imine (C=N–C) groups is 1. The number of halogens is 1. The molecule has 0 saturated heterocycles. The highest BCUT2D eigenvalue weighted by Gasteiger charge is 2.02. The molecule has 0 fully saturated rings. The summed E-state index contributed by atoms with van der Waals surface area (Å²) in [6.07, 6.45) is 2.81. The van der Waals surface area contributed by atoms with Crippen LogP contribution in [0.2, 0.25) is 0 Å². The number of guanidine groups is 1. The third-order valence-corrected chi connectivity index (χ3v) is 3.36. The van der Waals surface area contributed by atoms with E-state index in [9.17, 15) is 8.42 Å². The van der Waals surface area contributed by atoms with E-state index in [2.05, 4.69) is 15.6 Å². The van der Waals surface area contributed by atoms with Gasteiger partial charge in [0.15, 0.2) is 5.96 Å². The van der Waals surface area contributed by atoms with Crippen molar-refractivity contribution in [1.82, 2.24) is 10.6 Å². The molecule has 0 amide bonds. The van der Waals surface area contributed by atoms with E-state index < -0.39 is 9.84 Å². The highest BCUT2D eigenvalue weighted by atomic mass is 127. The second-order valence-electron chi connectivity index (χ2n) is 4.44. The van der Waals surface area contributed by atoms with E-state index in [1.165, 1.54) is 6.26 Å². The van der Waals surface area contributed by atoms with Crippen molar-refractivity contribution in [1.29, 1.82) is 0 Å². The molecule has 2 N–H and O–H groups in total. The molecule has 0 aliphatic heterocycles. The summed E-state index contributed by atoms with van der Waals surface area (Å²) < 4.78 is 32.3. The van der Waals surface area contributed by atoms with Crippen molar-refractivity contribution < 1.29 is 17.6 Å². The fourth-order valence-corrected chi connectivity index (χ4v) is 1.88. The predicted molar refractivity (Wildman–Crippen MR) is 97.5 cm³/mol. The molecule has 0 aliphatic rings. The van der Waals surface area contributed by atoms with E-state index in [0.717, 1.165) is 12.3 Å². The van der Waals surface area contributed by atoms with Crippen LogP contribution in [0.25, 0.3) is 0 Å². The summed E-state index contributed by atoms with van der Waals surface area (Å²) in [6.45, 7) is 4.36. The summed E-state index contributed by atoms with van der Waals surface area (Å²) in [5.74, 6) is 1.50. The third-order valence-electron chi connectivity index (χ3n) is 2.45. The fourth-order valence-electron chi connectivity index (χ4n) is 1.46. The van der Waals surface area contributed by atoms with Crippen molar-refractivity contribution >= 4 is 39.8 Å². The summed E-state index contributed by atoms with van der Waals surface area (Å²) in [5, 5.41) is 6.21. The molecule has 0 aromatic carbocycles. The van der Waals surface area contributed by atoms with Gasteiger partial charge in [-0.15, -0.1) is 24.0 Å². The SMILES string of the molecule is CCNC(=NCc1ccco1)NCCOCCS(C)(=O)=O.I. The number of rotatable bonds is 9. The Balaban J connectivity index is 0.00000441. The van der Waals surface area contributed by atoms with Crippen LogP contribution in [0, 0.1) is 0 Å². The molecule has 0 unspecified atom stereocenters. The number of sulfone groups is 1. The molecule has 1 aromatic heterocycles. The maximum atomic E-state index is 10.9. The topological polar surface area (TPSA) is 92.9 Å². The lowest BCUT2D eigenvalue weighted by molar-refractivity contribution is 0.154. The van der Waals surface area contributed by atoms with Crippen molar-refractivity contribution in [2.24, 2.45) is 4.99 Å². The first-order chi connectivity index (χ1) is 10.0. The second kappa shape index (κ2) is 11.7. The fraction of sp³-hybridized carbons (Fsp3) is 0.615. The third kappa shape index (κ3) is 10.9. The van der Waals surface area contributed by atoms with Crippen LogP contribution in [0.5, 0.6) is 0 Å². The van der Waals surface area contributed by atoms with Gasteiger partial charge in [-0.05, 0) is 19.1 Å². The standard InChI is InChI=1S/C13H23N3O4S.HI/c1-3-14-13(16-11-12-5-4-7-20-12)15-6-8-19-9-10-21(2,17)18;/h4-5,7H,3,6,8-11H2,1-2H3,(H2,14,15,16);1H. The molecule has 0 atom stereocenters. The molecule has 128 valence electrons. The van der Waals surface area contributed by atoms with Gasteiger partial charge in [0, 0.05) is 19.3 Å². The van der Waals surface area contributed by atoms with E-state index in [4.69, 9.17) is 9.15 Å². The van der Waals surface area contributed by atoms with Gasteiger partial charge in [-0.25, -0.2) is 13.4 Å². The average molecular weight is 445 g/mol. The summed E-state index contributed by atoms with van der Waals surface area (Å²) in [5.41, 5.74) is 0. The number of nitrogens with one attached hydrogen (secondary N) is 2. The first-order valence-corrected chi connectivity index (χ1v) is 8.87. The molecular formula is C13H24IN3O4S. The first kappa shape index (κ1) is 21.2. The zero-order valence-electron chi connectivity index (χ0n) is 12.9. The maximum Gasteiger partial charge on any atom is 0.191 e. The van der Waals surface area contributed by atoms with Crippen LogP contribution in [0.15, 0.2) is 27.8 Å². The number of hydrogen-bond donors (Lipinski definition) is 2. The van der Waals surface area contributed by atoms with Gasteiger partial charge in [0.1, 0.15) is 22.1 Å². The van der Waals surface area contributed by atoms with Gasteiger partial charge in [-0.3, -0.25) is 0 Å². The summed E-state index contributed by atoms with van der Waals surface area (Å²) in [7, 11) is -2.96. The molecule has 1 rings (SSSR count). The minimum Gasteiger partial charge on any atom is -0.467 e. The van der Waals surface area contributed by atoms with Crippen LogP contribution in [-0.2, 0) is 21.1 Å². The van der Waals surface area contributed by atoms with Gasteiger partial charge >= 0.3 is 0 Å². The molecule has 1 heterocycles. The van der Waals surface area contributed by atoms with Crippen molar-refractivity contribution in [3.63, 3.8) is 0 Å². The van der Waals surface area contributed by atoms with E-state index in [1.807, 2.05) is 19.1 Å². The van der Waals surface area contributed by atoms with E-state index in [1.54, 1.807) is 6.26 Å². The smallest absolute Gasteiger partial charge is 0.191 e. The molecule has 0 spiro atoms. The molecule has 1 aromatic rings. The Kier molecular flexibility index (Phi) is 11.3. The van der Waals surface area contributed by atoms with Crippen LogP contribution >= 0.6 is 24.0 Å².